The number of aliphatic hydroxyl groups is 1. The number of nitriles is 1. The highest BCUT2D eigenvalue weighted by Gasteiger charge is 2.30. The van der Waals surface area contributed by atoms with Crippen LogP contribution >= 0.6 is 0 Å². The van der Waals surface area contributed by atoms with E-state index >= 15 is 0 Å². The summed E-state index contributed by atoms with van der Waals surface area (Å²) < 4.78 is 5.46. The molecule has 2 aromatic carbocycles. The summed E-state index contributed by atoms with van der Waals surface area (Å²) in [4.78, 5) is 16.6. The average molecular weight is 365 g/mol. The van der Waals surface area contributed by atoms with Gasteiger partial charge >= 0.3 is 0 Å². The Morgan fingerprint density at radius 1 is 1.26 bits per heavy atom. The number of amides is 1. The maximum absolute atomic E-state index is 12.7. The van der Waals surface area contributed by atoms with E-state index in [4.69, 9.17) is 15.1 Å². The van der Waals surface area contributed by atoms with Crippen molar-refractivity contribution in [1.29, 1.82) is 5.26 Å². The first-order chi connectivity index (χ1) is 13.1. The van der Waals surface area contributed by atoms with Crippen molar-refractivity contribution in [2.75, 3.05) is 31.2 Å². The maximum Gasteiger partial charge on any atom is 0.241 e. The van der Waals surface area contributed by atoms with Crippen molar-refractivity contribution >= 4 is 11.6 Å². The zero-order valence-electron chi connectivity index (χ0n) is 15.3. The molecule has 140 valence electrons. The van der Waals surface area contributed by atoms with Gasteiger partial charge in [0.1, 0.15) is 12.4 Å². The van der Waals surface area contributed by atoms with E-state index in [1.165, 1.54) is 0 Å². The molecular weight excluding hydrogens is 342 g/mol. The van der Waals surface area contributed by atoms with E-state index in [1.54, 1.807) is 17.0 Å². The van der Waals surface area contributed by atoms with E-state index in [9.17, 15) is 4.79 Å². The monoisotopic (exact) mass is 365 g/mol. The molecule has 1 unspecified atom stereocenters. The maximum atomic E-state index is 12.7. The number of hydrogen-bond acceptors (Lipinski definition) is 5. The Morgan fingerprint density at radius 2 is 2.04 bits per heavy atom. The van der Waals surface area contributed by atoms with Crippen LogP contribution in [0, 0.1) is 11.3 Å². The third-order valence-corrected chi connectivity index (χ3v) is 4.66. The number of hydrogen-bond donors (Lipinski definition) is 1. The number of piperazine rings is 1. The highest BCUT2D eigenvalue weighted by molar-refractivity contribution is 5.95. The van der Waals surface area contributed by atoms with Crippen LogP contribution in [-0.4, -0.2) is 48.3 Å². The van der Waals surface area contributed by atoms with Gasteiger partial charge in [-0.2, -0.15) is 5.26 Å². The average Bonchev–Trinajstić information content (AvgIpc) is 2.69. The SMILES string of the molecule is CC1CN(c2ccc(C#N)cc2)C(=O)CN1Cc1cccc(OCCO)c1. The fraction of sp³-hybridized carbons (Fsp3) is 0.333. The van der Waals surface area contributed by atoms with Crippen molar-refractivity contribution in [1.82, 2.24) is 4.90 Å². The van der Waals surface area contributed by atoms with E-state index in [0.29, 0.717) is 25.2 Å². The number of rotatable bonds is 6. The lowest BCUT2D eigenvalue weighted by atomic mass is 10.1. The molecule has 6 nitrogen and oxygen atoms in total. The Morgan fingerprint density at radius 3 is 2.74 bits per heavy atom. The van der Waals surface area contributed by atoms with Crippen LogP contribution in [0.5, 0.6) is 5.75 Å². The molecule has 0 saturated carbocycles. The first-order valence-electron chi connectivity index (χ1n) is 8.98. The number of carbonyl (C=O) groups is 1. The van der Waals surface area contributed by atoms with Crippen LogP contribution in [0.4, 0.5) is 5.69 Å². The molecule has 1 aliphatic rings. The predicted molar refractivity (Wildman–Crippen MR) is 102 cm³/mol. The first-order valence-corrected chi connectivity index (χ1v) is 8.98. The second-order valence-corrected chi connectivity index (χ2v) is 6.64. The van der Waals surface area contributed by atoms with Gasteiger partial charge in [-0.25, -0.2) is 0 Å². The summed E-state index contributed by atoms with van der Waals surface area (Å²) in [5, 5.41) is 17.8. The van der Waals surface area contributed by atoms with Crippen LogP contribution in [0.2, 0.25) is 0 Å². The second-order valence-electron chi connectivity index (χ2n) is 6.64. The van der Waals surface area contributed by atoms with Gasteiger partial charge in [0, 0.05) is 24.8 Å². The quantitative estimate of drug-likeness (QED) is 0.849. The molecule has 1 amide bonds. The van der Waals surface area contributed by atoms with Gasteiger partial charge in [-0.05, 0) is 48.9 Å². The molecule has 1 N–H and O–H groups in total. The standard InChI is InChI=1S/C21H23N3O3/c1-16-13-24(19-7-5-17(12-22)6-8-19)21(26)15-23(16)14-18-3-2-4-20(11-18)27-10-9-25/h2-8,11,16,25H,9-10,13-15H2,1H3. The Hall–Kier alpha value is -2.88. The van der Waals surface area contributed by atoms with Crippen LogP contribution in [0.25, 0.3) is 0 Å². The van der Waals surface area contributed by atoms with E-state index in [0.717, 1.165) is 17.0 Å². The van der Waals surface area contributed by atoms with Gasteiger partial charge in [-0.1, -0.05) is 12.1 Å². The van der Waals surface area contributed by atoms with Crippen LogP contribution in [0.15, 0.2) is 48.5 Å². The number of aliphatic hydroxyl groups excluding tert-OH is 1. The molecule has 2 aromatic rings. The van der Waals surface area contributed by atoms with Gasteiger partial charge in [-0.15, -0.1) is 0 Å². The van der Waals surface area contributed by atoms with Gasteiger partial charge < -0.3 is 14.7 Å². The van der Waals surface area contributed by atoms with Gasteiger partial charge in [0.2, 0.25) is 5.91 Å². The number of benzene rings is 2. The lowest BCUT2D eigenvalue weighted by molar-refractivity contribution is -0.122. The molecule has 1 fully saturated rings. The normalized spacial score (nSPS) is 17.6. The van der Waals surface area contributed by atoms with Crippen LogP contribution in [0.1, 0.15) is 18.1 Å². The lowest BCUT2D eigenvalue weighted by Gasteiger charge is -2.39. The van der Waals surface area contributed by atoms with Gasteiger partial charge in [0.15, 0.2) is 0 Å². The topological polar surface area (TPSA) is 76.8 Å². The molecule has 0 aliphatic carbocycles. The van der Waals surface area contributed by atoms with Gasteiger partial charge in [-0.3, -0.25) is 9.69 Å². The summed E-state index contributed by atoms with van der Waals surface area (Å²) in [7, 11) is 0. The fourth-order valence-electron chi connectivity index (χ4n) is 3.21. The molecule has 6 heteroatoms. The third-order valence-electron chi connectivity index (χ3n) is 4.66. The third kappa shape index (κ3) is 4.64. The predicted octanol–water partition coefficient (Wildman–Crippen LogP) is 2.17. The second kappa shape index (κ2) is 8.67. The van der Waals surface area contributed by atoms with Gasteiger partial charge in [0.05, 0.1) is 24.8 Å². The summed E-state index contributed by atoms with van der Waals surface area (Å²) in [5.41, 5.74) is 2.47. The molecule has 1 atom stereocenters. The molecule has 1 aliphatic heterocycles. The summed E-state index contributed by atoms with van der Waals surface area (Å²) in [6, 6.07) is 17.1. The molecule has 1 heterocycles. The molecular formula is C21H23N3O3. The minimum absolute atomic E-state index is 0.0208. The highest BCUT2D eigenvalue weighted by atomic mass is 16.5. The summed E-state index contributed by atoms with van der Waals surface area (Å²) in [5.74, 6) is 0.766. The lowest BCUT2D eigenvalue weighted by Crippen LogP contribution is -2.54. The highest BCUT2D eigenvalue weighted by Crippen LogP contribution is 2.23. The summed E-state index contributed by atoms with van der Waals surface area (Å²) >= 11 is 0. The van der Waals surface area contributed by atoms with E-state index < -0.39 is 0 Å². The molecule has 0 bridgehead atoms. The number of carbonyl (C=O) groups excluding carboxylic acids is 1. The number of anilines is 1. The molecule has 3 rings (SSSR count). The number of nitrogens with zero attached hydrogens (tertiary/aromatic N) is 3. The summed E-state index contributed by atoms with van der Waals surface area (Å²) in [6.45, 7) is 3.95. The van der Waals surface area contributed by atoms with Crippen molar-refractivity contribution in [2.45, 2.75) is 19.5 Å². The molecule has 0 spiro atoms. The number of ether oxygens (including phenoxy) is 1. The molecule has 0 radical (unpaired) electrons. The van der Waals surface area contributed by atoms with Crippen molar-refractivity contribution in [3.8, 4) is 11.8 Å². The van der Waals surface area contributed by atoms with Crippen LogP contribution in [-0.2, 0) is 11.3 Å². The van der Waals surface area contributed by atoms with Crippen molar-refractivity contribution in [2.24, 2.45) is 0 Å². The van der Waals surface area contributed by atoms with E-state index in [2.05, 4.69) is 17.9 Å². The van der Waals surface area contributed by atoms with Crippen LogP contribution in [0.3, 0.4) is 0 Å². The zero-order chi connectivity index (χ0) is 19.2. The fourth-order valence-corrected chi connectivity index (χ4v) is 3.21. The Kier molecular flexibility index (Phi) is 6.07. The molecule has 1 saturated heterocycles. The smallest absolute Gasteiger partial charge is 0.241 e. The van der Waals surface area contributed by atoms with Gasteiger partial charge in [0.25, 0.3) is 0 Å². The van der Waals surface area contributed by atoms with E-state index in [-0.39, 0.29) is 25.2 Å². The minimum Gasteiger partial charge on any atom is -0.491 e. The van der Waals surface area contributed by atoms with Crippen molar-refractivity contribution in [3.63, 3.8) is 0 Å². The summed E-state index contributed by atoms with van der Waals surface area (Å²) in [6.07, 6.45) is 0. The van der Waals surface area contributed by atoms with Crippen molar-refractivity contribution < 1.29 is 14.6 Å². The Balaban J connectivity index is 1.66. The molecule has 27 heavy (non-hydrogen) atoms. The molecule has 0 aromatic heterocycles. The van der Waals surface area contributed by atoms with Crippen molar-refractivity contribution in [3.05, 3.63) is 59.7 Å². The van der Waals surface area contributed by atoms with E-state index in [1.807, 2.05) is 36.4 Å². The first kappa shape index (κ1) is 18.9. The Bertz CT molecular complexity index is 829. The zero-order valence-corrected chi connectivity index (χ0v) is 15.3. The largest absolute Gasteiger partial charge is 0.491 e. The minimum atomic E-state index is -0.0208. The Labute approximate surface area is 159 Å². The van der Waals surface area contributed by atoms with Crippen LogP contribution < -0.4 is 9.64 Å².